The monoisotopic (exact) mass is 680 g/mol. The molecule has 250 valence electrons. The van der Waals surface area contributed by atoms with Gasteiger partial charge in [0.25, 0.3) is 5.91 Å². The van der Waals surface area contributed by atoms with E-state index < -0.39 is 22.2 Å². The minimum Gasteiger partial charge on any atom is -0.490 e. The number of hydrogen-bond donors (Lipinski definition) is 2. The van der Waals surface area contributed by atoms with Crippen LogP contribution in [0.2, 0.25) is 5.02 Å². The summed E-state index contributed by atoms with van der Waals surface area (Å²) < 4.78 is 42.0. The number of carbonyl (C=O) groups excluding carboxylic acids is 1. The van der Waals surface area contributed by atoms with Crippen molar-refractivity contribution in [3.05, 3.63) is 102 Å². The molecule has 1 aromatic heterocycles. The average Bonchev–Trinajstić information content (AvgIpc) is 3.51. The Morgan fingerprint density at radius 3 is 2.83 bits per heavy atom. The number of aliphatic hydroxyl groups is 1. The number of amides is 1. The number of aromatic nitrogens is 1. The first kappa shape index (κ1) is 33.3. The van der Waals surface area contributed by atoms with Gasteiger partial charge >= 0.3 is 10.2 Å². The Kier molecular flexibility index (Phi) is 9.80. The number of anilines is 1. The molecule has 10 nitrogen and oxygen atoms in total. The molecule has 1 amide bonds. The minimum atomic E-state index is -4.26. The van der Waals surface area contributed by atoms with Crippen LogP contribution in [-0.2, 0) is 28.6 Å². The normalized spacial score (nSPS) is 22.7. The number of rotatable bonds is 12. The Morgan fingerprint density at radius 1 is 1.26 bits per heavy atom. The van der Waals surface area contributed by atoms with E-state index >= 15 is 0 Å². The van der Waals surface area contributed by atoms with Crippen molar-refractivity contribution in [2.24, 2.45) is 11.8 Å². The molecule has 2 aromatic carbocycles. The molecular weight excluding hydrogens is 640 g/mol. The van der Waals surface area contributed by atoms with E-state index in [-0.39, 0.29) is 41.8 Å². The highest BCUT2D eigenvalue weighted by atomic mass is 35.5. The smallest absolute Gasteiger partial charge is 0.304 e. The maximum atomic E-state index is 13.6. The maximum absolute atomic E-state index is 13.6. The molecule has 4 atom stereocenters. The van der Waals surface area contributed by atoms with E-state index in [1.807, 2.05) is 12.1 Å². The van der Waals surface area contributed by atoms with Crippen molar-refractivity contribution in [3.8, 4) is 5.75 Å². The number of nitrogens with one attached hydrogen (secondary N) is 1. The quantitative estimate of drug-likeness (QED) is 0.243. The molecule has 2 heterocycles. The number of oxazole rings is 1. The Hall–Kier alpha value is -3.64. The summed E-state index contributed by atoms with van der Waals surface area (Å²) in [5.74, 6) is 0.380. The van der Waals surface area contributed by atoms with E-state index in [1.54, 1.807) is 30.4 Å². The summed E-state index contributed by atoms with van der Waals surface area (Å²) in [6.07, 6.45) is 10.5. The van der Waals surface area contributed by atoms with Crippen LogP contribution in [0.4, 0.5) is 5.69 Å². The minimum absolute atomic E-state index is 0.0915. The fraction of sp³-hybridized carbons (Fsp3) is 0.429. The highest BCUT2D eigenvalue weighted by molar-refractivity contribution is 7.87. The van der Waals surface area contributed by atoms with Crippen molar-refractivity contribution in [2.45, 2.75) is 56.6 Å². The zero-order valence-electron chi connectivity index (χ0n) is 26.3. The lowest BCUT2D eigenvalue weighted by molar-refractivity contribution is 0.0460. The number of aliphatic hydroxyl groups excluding tert-OH is 1. The molecule has 1 spiro atoms. The number of aryl methyl sites for hydroxylation is 1. The zero-order chi connectivity index (χ0) is 33.2. The van der Waals surface area contributed by atoms with Gasteiger partial charge in [-0.25, -0.2) is 9.71 Å². The molecule has 1 fully saturated rings. The molecular formula is C35H41ClN4O6S. The van der Waals surface area contributed by atoms with Crippen molar-refractivity contribution >= 4 is 33.4 Å². The van der Waals surface area contributed by atoms with Gasteiger partial charge in [-0.05, 0) is 91.8 Å². The third-order valence-corrected chi connectivity index (χ3v) is 11.5. The van der Waals surface area contributed by atoms with Gasteiger partial charge in [-0.15, -0.1) is 13.2 Å². The standard InChI is InChI=1S/C35H41ClN4O6S/c1-3-5-16-40(21-33-37-15-17-45-33)47(43,44)38-34(42)25-9-13-32-30(19-25)39(20-26-8-11-28(26)31(41)4-2)22-35(23-46-32)14-6-7-24-18-27(36)10-12-29(24)35/h3-4,9-10,12-13,15,17-19,26,28,31,41H,1-2,5-8,11,14,16,20-23H2,(H,38,42)/t26-,28+,31-,35-/m0/s1. The largest absolute Gasteiger partial charge is 0.490 e. The van der Waals surface area contributed by atoms with E-state index in [4.69, 9.17) is 20.8 Å². The Labute approximate surface area is 281 Å². The second-order valence-electron chi connectivity index (χ2n) is 12.8. The summed E-state index contributed by atoms with van der Waals surface area (Å²) in [5.41, 5.74) is 3.03. The molecule has 1 aliphatic heterocycles. The summed E-state index contributed by atoms with van der Waals surface area (Å²) >= 11 is 6.40. The number of nitrogens with zero attached hydrogens (tertiary/aromatic N) is 3. The summed E-state index contributed by atoms with van der Waals surface area (Å²) in [6.45, 7) is 9.17. The van der Waals surface area contributed by atoms with E-state index in [0.29, 0.717) is 36.9 Å². The summed E-state index contributed by atoms with van der Waals surface area (Å²) in [5, 5.41) is 11.3. The van der Waals surface area contributed by atoms with Crippen LogP contribution >= 0.6 is 11.6 Å². The lowest BCUT2D eigenvalue weighted by Crippen LogP contribution is -2.49. The number of hydrogen-bond acceptors (Lipinski definition) is 8. The number of fused-ring (bicyclic) bond motifs is 3. The number of halogens is 1. The highest BCUT2D eigenvalue weighted by Crippen LogP contribution is 2.46. The molecule has 0 saturated heterocycles. The van der Waals surface area contributed by atoms with Crippen molar-refractivity contribution < 1.29 is 27.5 Å². The fourth-order valence-electron chi connectivity index (χ4n) is 7.23. The SMILES string of the molecule is C=CCCN(Cc1ncco1)S(=O)(=O)NC(=O)c1ccc2c(c1)N(C[C@@H]1CC[C@H]1[C@@H](O)C=C)C[C@@]1(CCCc3cc(Cl)ccc31)CO2. The van der Waals surface area contributed by atoms with E-state index in [0.717, 1.165) is 42.1 Å². The number of ether oxygens (including phenoxy) is 1. The first-order valence-corrected chi connectivity index (χ1v) is 17.9. The predicted octanol–water partition coefficient (Wildman–Crippen LogP) is 5.43. The summed E-state index contributed by atoms with van der Waals surface area (Å²) in [6, 6.07) is 11.1. The second kappa shape index (κ2) is 13.8. The van der Waals surface area contributed by atoms with E-state index in [9.17, 15) is 18.3 Å². The third kappa shape index (κ3) is 6.99. The van der Waals surface area contributed by atoms with Gasteiger partial charge in [0.15, 0.2) is 0 Å². The van der Waals surface area contributed by atoms with Crippen molar-refractivity contribution in [1.29, 1.82) is 0 Å². The van der Waals surface area contributed by atoms with Gasteiger partial charge in [-0.1, -0.05) is 29.8 Å². The number of carbonyl (C=O) groups is 1. The fourth-order valence-corrected chi connectivity index (χ4v) is 8.53. The molecule has 6 rings (SSSR count). The van der Waals surface area contributed by atoms with Gasteiger partial charge in [0.05, 0.1) is 31.1 Å². The Morgan fingerprint density at radius 2 is 2.11 bits per heavy atom. The zero-order valence-corrected chi connectivity index (χ0v) is 27.9. The van der Waals surface area contributed by atoms with Crippen molar-refractivity contribution in [2.75, 3.05) is 31.1 Å². The highest BCUT2D eigenvalue weighted by Gasteiger charge is 2.44. The first-order valence-electron chi connectivity index (χ1n) is 16.1. The lowest BCUT2D eigenvalue weighted by atomic mass is 9.68. The number of benzene rings is 2. The molecule has 2 N–H and O–H groups in total. The van der Waals surface area contributed by atoms with E-state index in [1.165, 1.54) is 23.6 Å². The summed E-state index contributed by atoms with van der Waals surface area (Å²) in [4.78, 5) is 19.9. The molecule has 0 unspecified atom stereocenters. The second-order valence-corrected chi connectivity index (χ2v) is 14.9. The van der Waals surface area contributed by atoms with Gasteiger partial charge < -0.3 is 19.2 Å². The van der Waals surface area contributed by atoms with Crippen LogP contribution in [0.1, 0.15) is 59.5 Å². The molecule has 3 aliphatic rings. The van der Waals surface area contributed by atoms with Crippen molar-refractivity contribution in [3.63, 3.8) is 0 Å². The topological polar surface area (TPSA) is 125 Å². The summed E-state index contributed by atoms with van der Waals surface area (Å²) in [7, 11) is -4.26. The first-order chi connectivity index (χ1) is 22.6. The maximum Gasteiger partial charge on any atom is 0.304 e. The third-order valence-electron chi connectivity index (χ3n) is 9.85. The Balaban J connectivity index is 1.31. The lowest BCUT2D eigenvalue weighted by Gasteiger charge is -2.45. The van der Waals surface area contributed by atoms with Gasteiger partial charge in [-0.2, -0.15) is 12.7 Å². The van der Waals surface area contributed by atoms with Gasteiger partial charge in [0, 0.05) is 35.6 Å². The van der Waals surface area contributed by atoms with Crippen LogP contribution in [0.3, 0.4) is 0 Å². The van der Waals surface area contributed by atoms with Crippen LogP contribution in [-0.4, -0.2) is 61.1 Å². The molecule has 0 radical (unpaired) electrons. The van der Waals surface area contributed by atoms with Crippen molar-refractivity contribution in [1.82, 2.24) is 14.0 Å². The van der Waals surface area contributed by atoms with E-state index in [2.05, 4.69) is 33.8 Å². The molecule has 47 heavy (non-hydrogen) atoms. The molecule has 12 heteroatoms. The van der Waals surface area contributed by atoms with Gasteiger partial charge in [0.1, 0.15) is 12.0 Å². The average molecular weight is 681 g/mol. The molecule has 3 aromatic rings. The van der Waals surface area contributed by atoms with Crippen LogP contribution in [0.5, 0.6) is 5.75 Å². The van der Waals surface area contributed by atoms with Crippen LogP contribution in [0.15, 0.2) is 78.6 Å². The molecule has 1 saturated carbocycles. The van der Waals surface area contributed by atoms with Crippen LogP contribution in [0, 0.1) is 11.8 Å². The molecule has 2 aliphatic carbocycles. The van der Waals surface area contributed by atoms with Gasteiger partial charge in [0.2, 0.25) is 5.89 Å². The Bertz CT molecular complexity index is 1730. The van der Waals surface area contributed by atoms with Crippen LogP contribution < -0.4 is 14.4 Å². The van der Waals surface area contributed by atoms with Crippen LogP contribution in [0.25, 0.3) is 0 Å². The van der Waals surface area contributed by atoms with Gasteiger partial charge in [-0.3, -0.25) is 4.79 Å². The molecule has 0 bridgehead atoms. The predicted molar refractivity (Wildman–Crippen MR) is 181 cm³/mol.